The van der Waals surface area contributed by atoms with Gasteiger partial charge in [-0.15, -0.1) is 0 Å². The highest BCUT2D eigenvalue weighted by atomic mass is 19.4. The number of carboxylic acid groups (broad SMARTS) is 1. The zero-order valence-corrected chi connectivity index (χ0v) is 10.9. The molecule has 0 bridgehead atoms. The van der Waals surface area contributed by atoms with Gasteiger partial charge in [0.25, 0.3) is 0 Å². The van der Waals surface area contributed by atoms with Gasteiger partial charge >= 0.3 is 12.1 Å². The summed E-state index contributed by atoms with van der Waals surface area (Å²) in [5.74, 6) is -1.33. The van der Waals surface area contributed by atoms with Crippen molar-refractivity contribution in [2.24, 2.45) is 0 Å². The highest BCUT2D eigenvalue weighted by molar-refractivity contribution is 5.89. The van der Waals surface area contributed by atoms with Gasteiger partial charge in [0.2, 0.25) is 0 Å². The SMILES string of the molecule is CC1=CC=C(C(=O)O)C(O)N1c1cccc(C(F)(F)F)c1. The molecule has 1 unspecified atom stereocenters. The monoisotopic (exact) mass is 299 g/mol. The Morgan fingerprint density at radius 1 is 1.29 bits per heavy atom. The van der Waals surface area contributed by atoms with Crippen molar-refractivity contribution < 1.29 is 28.2 Å². The number of aliphatic carboxylic acids is 1. The van der Waals surface area contributed by atoms with Gasteiger partial charge in [0.15, 0.2) is 6.23 Å². The molecule has 1 atom stereocenters. The quantitative estimate of drug-likeness (QED) is 0.881. The van der Waals surface area contributed by atoms with E-state index in [0.717, 1.165) is 17.0 Å². The van der Waals surface area contributed by atoms with Crippen LogP contribution in [-0.4, -0.2) is 22.4 Å². The summed E-state index contributed by atoms with van der Waals surface area (Å²) in [5, 5.41) is 19.1. The lowest BCUT2D eigenvalue weighted by Crippen LogP contribution is -2.39. The molecule has 0 aliphatic carbocycles. The first-order valence-electron chi connectivity index (χ1n) is 5.98. The van der Waals surface area contributed by atoms with Gasteiger partial charge < -0.3 is 15.1 Å². The number of rotatable bonds is 2. The zero-order valence-electron chi connectivity index (χ0n) is 10.9. The Morgan fingerprint density at radius 2 is 1.95 bits per heavy atom. The first kappa shape index (κ1) is 15.1. The summed E-state index contributed by atoms with van der Waals surface area (Å²) >= 11 is 0. The highest BCUT2D eigenvalue weighted by Gasteiger charge is 2.33. The Balaban J connectivity index is 2.45. The summed E-state index contributed by atoms with van der Waals surface area (Å²) in [6, 6.07) is 4.36. The molecule has 0 saturated carbocycles. The highest BCUT2D eigenvalue weighted by Crippen LogP contribution is 2.34. The van der Waals surface area contributed by atoms with E-state index in [1.807, 2.05) is 0 Å². The van der Waals surface area contributed by atoms with Crippen molar-refractivity contribution in [3.63, 3.8) is 0 Å². The van der Waals surface area contributed by atoms with E-state index in [4.69, 9.17) is 5.11 Å². The smallest absolute Gasteiger partial charge is 0.416 e. The largest absolute Gasteiger partial charge is 0.478 e. The lowest BCUT2D eigenvalue weighted by Gasteiger charge is -2.33. The van der Waals surface area contributed by atoms with Crippen LogP contribution in [0.3, 0.4) is 0 Å². The van der Waals surface area contributed by atoms with E-state index in [1.165, 1.54) is 24.3 Å². The fourth-order valence-corrected chi connectivity index (χ4v) is 2.07. The molecule has 1 aromatic carbocycles. The molecular formula is C14H12F3NO3. The number of carbonyl (C=O) groups is 1. The molecule has 0 fully saturated rings. The Bertz CT molecular complexity index is 635. The first-order chi connectivity index (χ1) is 9.71. The van der Waals surface area contributed by atoms with Crippen molar-refractivity contribution in [2.75, 3.05) is 4.90 Å². The predicted octanol–water partition coefficient (Wildman–Crippen LogP) is 2.76. The van der Waals surface area contributed by atoms with E-state index in [-0.39, 0.29) is 11.3 Å². The lowest BCUT2D eigenvalue weighted by molar-refractivity contribution is -0.137. The minimum atomic E-state index is -4.51. The predicted molar refractivity (Wildman–Crippen MR) is 69.4 cm³/mol. The summed E-state index contributed by atoms with van der Waals surface area (Å²) in [4.78, 5) is 12.1. The molecule has 4 nitrogen and oxygen atoms in total. The molecule has 7 heteroatoms. The molecule has 0 amide bonds. The fourth-order valence-electron chi connectivity index (χ4n) is 2.07. The maximum atomic E-state index is 12.7. The molecule has 2 N–H and O–H groups in total. The van der Waals surface area contributed by atoms with Crippen LogP contribution in [-0.2, 0) is 11.0 Å². The van der Waals surface area contributed by atoms with Crippen LogP contribution in [0.5, 0.6) is 0 Å². The average Bonchev–Trinajstić information content (AvgIpc) is 2.37. The van der Waals surface area contributed by atoms with Gasteiger partial charge in [-0.05, 0) is 37.3 Å². The van der Waals surface area contributed by atoms with Crippen LogP contribution < -0.4 is 4.90 Å². The molecule has 1 aliphatic heterocycles. The number of allylic oxidation sites excluding steroid dienone is 3. The third-order valence-corrected chi connectivity index (χ3v) is 3.11. The van der Waals surface area contributed by atoms with Crippen LogP contribution in [0.15, 0.2) is 47.7 Å². The molecule has 0 aromatic heterocycles. The van der Waals surface area contributed by atoms with Crippen molar-refractivity contribution in [2.45, 2.75) is 19.3 Å². The minimum Gasteiger partial charge on any atom is -0.478 e. The second-order valence-electron chi connectivity index (χ2n) is 4.53. The second kappa shape index (κ2) is 5.25. The number of anilines is 1. The number of benzene rings is 1. The Hall–Kier alpha value is -2.28. The van der Waals surface area contributed by atoms with Crippen molar-refractivity contribution in [3.05, 3.63) is 53.3 Å². The van der Waals surface area contributed by atoms with E-state index in [1.54, 1.807) is 6.92 Å². The van der Waals surface area contributed by atoms with Crippen LogP contribution in [0.25, 0.3) is 0 Å². The topological polar surface area (TPSA) is 60.8 Å². The normalized spacial score (nSPS) is 19.1. The number of carboxylic acids is 1. The van der Waals surface area contributed by atoms with E-state index in [0.29, 0.717) is 5.70 Å². The van der Waals surface area contributed by atoms with Crippen molar-refractivity contribution in [1.82, 2.24) is 0 Å². The zero-order chi connectivity index (χ0) is 15.8. The number of aliphatic hydroxyl groups is 1. The van der Waals surface area contributed by atoms with Crippen LogP contribution >= 0.6 is 0 Å². The third-order valence-electron chi connectivity index (χ3n) is 3.11. The lowest BCUT2D eigenvalue weighted by atomic mass is 10.1. The molecule has 112 valence electrons. The summed E-state index contributed by atoms with van der Waals surface area (Å²) in [7, 11) is 0. The van der Waals surface area contributed by atoms with Gasteiger partial charge in [-0.1, -0.05) is 6.07 Å². The summed E-state index contributed by atoms with van der Waals surface area (Å²) in [5.41, 5.74) is -0.672. The first-order valence-corrected chi connectivity index (χ1v) is 5.98. The minimum absolute atomic E-state index is 0.0675. The van der Waals surface area contributed by atoms with Gasteiger partial charge in [-0.2, -0.15) is 13.2 Å². The van der Waals surface area contributed by atoms with Crippen LogP contribution in [0, 0.1) is 0 Å². The maximum absolute atomic E-state index is 12.7. The van der Waals surface area contributed by atoms with Crippen LogP contribution in [0.4, 0.5) is 18.9 Å². The number of alkyl halides is 3. The Kier molecular flexibility index (Phi) is 3.78. The Labute approximate surface area is 118 Å². The van der Waals surface area contributed by atoms with Crippen molar-refractivity contribution >= 4 is 11.7 Å². The fraction of sp³-hybridized carbons (Fsp3) is 0.214. The molecular weight excluding hydrogens is 287 g/mol. The molecule has 1 heterocycles. The second-order valence-corrected chi connectivity index (χ2v) is 4.53. The summed E-state index contributed by atoms with van der Waals surface area (Å²) in [6.45, 7) is 1.57. The van der Waals surface area contributed by atoms with E-state index in [2.05, 4.69) is 0 Å². The van der Waals surface area contributed by atoms with Gasteiger partial charge in [-0.25, -0.2) is 4.79 Å². The van der Waals surface area contributed by atoms with Crippen LogP contribution in [0.2, 0.25) is 0 Å². The Morgan fingerprint density at radius 3 is 2.52 bits per heavy atom. The van der Waals surface area contributed by atoms with Gasteiger partial charge in [0.1, 0.15) is 0 Å². The summed E-state index contributed by atoms with van der Waals surface area (Å²) < 4.78 is 38.2. The number of aliphatic hydroxyl groups excluding tert-OH is 1. The van der Waals surface area contributed by atoms with Gasteiger partial charge in [-0.3, -0.25) is 0 Å². The van der Waals surface area contributed by atoms with Crippen molar-refractivity contribution in [3.8, 4) is 0 Å². The van der Waals surface area contributed by atoms with E-state index in [9.17, 15) is 23.1 Å². The van der Waals surface area contributed by atoms with E-state index >= 15 is 0 Å². The number of hydrogen-bond donors (Lipinski definition) is 2. The number of halogens is 3. The van der Waals surface area contributed by atoms with Crippen molar-refractivity contribution in [1.29, 1.82) is 0 Å². The standard InChI is InChI=1S/C14H12F3NO3/c1-8-5-6-11(13(20)21)12(19)18(8)10-4-2-3-9(7-10)14(15,16)17/h2-7,12,19H,1H3,(H,20,21). The maximum Gasteiger partial charge on any atom is 0.416 e. The van der Waals surface area contributed by atoms with E-state index < -0.39 is 23.9 Å². The third kappa shape index (κ3) is 2.92. The molecule has 1 aliphatic rings. The van der Waals surface area contributed by atoms with Gasteiger partial charge in [0, 0.05) is 11.4 Å². The average molecular weight is 299 g/mol. The molecule has 0 radical (unpaired) electrons. The molecule has 2 rings (SSSR count). The van der Waals surface area contributed by atoms with Crippen LogP contribution in [0.1, 0.15) is 12.5 Å². The summed E-state index contributed by atoms with van der Waals surface area (Å²) in [6.07, 6.45) is -3.40. The number of nitrogens with zero attached hydrogens (tertiary/aromatic N) is 1. The number of hydrogen-bond acceptors (Lipinski definition) is 3. The molecule has 0 spiro atoms. The molecule has 1 aromatic rings. The van der Waals surface area contributed by atoms with Gasteiger partial charge in [0.05, 0.1) is 11.1 Å². The molecule has 21 heavy (non-hydrogen) atoms. The molecule has 0 saturated heterocycles.